The summed E-state index contributed by atoms with van der Waals surface area (Å²) in [4.78, 5) is 33.0. The Bertz CT molecular complexity index is 1090. The molecule has 10 heteroatoms. The summed E-state index contributed by atoms with van der Waals surface area (Å²) >= 11 is 0. The maximum absolute atomic E-state index is 14.0. The molecule has 3 aromatic rings. The Balaban J connectivity index is 1.69. The number of aromatic nitrogens is 4. The summed E-state index contributed by atoms with van der Waals surface area (Å²) in [5.41, 5.74) is 1.83. The predicted molar refractivity (Wildman–Crippen MR) is 105 cm³/mol. The summed E-state index contributed by atoms with van der Waals surface area (Å²) in [6.45, 7) is 4.79. The molecule has 0 bridgehead atoms. The third-order valence-corrected chi connectivity index (χ3v) is 3.99. The lowest BCUT2D eigenvalue weighted by Crippen LogP contribution is -2.23. The molecule has 0 atom stereocenters. The Morgan fingerprint density at radius 3 is 2.40 bits per heavy atom. The van der Waals surface area contributed by atoms with Crippen molar-refractivity contribution in [3.8, 4) is 11.7 Å². The lowest BCUT2D eigenvalue weighted by atomic mass is 10.2. The van der Waals surface area contributed by atoms with Gasteiger partial charge in [-0.2, -0.15) is 9.78 Å². The van der Waals surface area contributed by atoms with Crippen molar-refractivity contribution in [1.29, 1.82) is 0 Å². The molecule has 30 heavy (non-hydrogen) atoms. The zero-order chi connectivity index (χ0) is 21.8. The fraction of sp³-hybridized carbons (Fsp3) is 0.250. The Labute approximate surface area is 171 Å². The minimum atomic E-state index is -0.965. The summed E-state index contributed by atoms with van der Waals surface area (Å²) in [5.74, 6) is -1.52. The van der Waals surface area contributed by atoms with Gasteiger partial charge in [-0.05, 0) is 39.0 Å². The molecule has 0 unspecified atom stereocenters. The monoisotopic (exact) mass is 413 g/mol. The van der Waals surface area contributed by atoms with E-state index in [1.165, 1.54) is 23.9 Å². The Morgan fingerprint density at radius 1 is 1.07 bits per heavy atom. The SMILES string of the molecule is COc1ccc(C(=O)OCC(=O)Nc2cc(C)nn2-c2nc(C)cc(C)n2)c(F)c1. The number of aryl methyl sites for hydroxylation is 3. The van der Waals surface area contributed by atoms with Gasteiger partial charge in [0, 0.05) is 23.5 Å². The highest BCUT2D eigenvalue weighted by Crippen LogP contribution is 2.18. The molecule has 0 aliphatic carbocycles. The predicted octanol–water partition coefficient (Wildman–Crippen LogP) is 2.53. The molecule has 2 aromatic heterocycles. The van der Waals surface area contributed by atoms with Crippen LogP contribution in [0.1, 0.15) is 27.4 Å². The Morgan fingerprint density at radius 2 is 1.77 bits per heavy atom. The van der Waals surface area contributed by atoms with Gasteiger partial charge in [0.25, 0.3) is 11.9 Å². The molecule has 2 heterocycles. The van der Waals surface area contributed by atoms with E-state index in [9.17, 15) is 14.0 Å². The zero-order valence-corrected chi connectivity index (χ0v) is 16.9. The van der Waals surface area contributed by atoms with E-state index in [1.807, 2.05) is 19.9 Å². The fourth-order valence-electron chi connectivity index (χ4n) is 2.72. The zero-order valence-electron chi connectivity index (χ0n) is 16.9. The van der Waals surface area contributed by atoms with E-state index in [1.54, 1.807) is 13.0 Å². The number of carbonyl (C=O) groups excluding carboxylic acids is 2. The molecule has 0 radical (unpaired) electrons. The van der Waals surface area contributed by atoms with Gasteiger partial charge in [0.1, 0.15) is 17.4 Å². The van der Waals surface area contributed by atoms with Crippen molar-refractivity contribution in [1.82, 2.24) is 19.7 Å². The van der Waals surface area contributed by atoms with E-state index in [2.05, 4.69) is 20.4 Å². The average Bonchev–Trinajstić information content (AvgIpc) is 3.05. The number of methoxy groups -OCH3 is 1. The summed E-state index contributed by atoms with van der Waals surface area (Å²) in [6.07, 6.45) is 0. The number of rotatable bonds is 6. The molecule has 9 nitrogen and oxygen atoms in total. The molecular formula is C20H20FN5O4. The quantitative estimate of drug-likeness (QED) is 0.619. The molecule has 1 aromatic carbocycles. The average molecular weight is 413 g/mol. The van der Waals surface area contributed by atoms with Gasteiger partial charge in [0.15, 0.2) is 6.61 Å². The molecule has 1 amide bonds. The number of ether oxygens (including phenoxy) is 2. The standard InChI is InChI=1S/C20H20FN5O4/c1-11-7-12(2)23-20(22-11)26-17(8-13(3)25-26)24-18(27)10-30-19(28)15-6-5-14(29-4)9-16(15)21/h5-9H,10H2,1-4H3,(H,24,27). The second-order valence-electron chi connectivity index (χ2n) is 6.50. The topological polar surface area (TPSA) is 108 Å². The molecule has 1 N–H and O–H groups in total. The van der Waals surface area contributed by atoms with Crippen LogP contribution in [0.15, 0.2) is 30.3 Å². The van der Waals surface area contributed by atoms with Crippen molar-refractivity contribution in [2.45, 2.75) is 20.8 Å². The van der Waals surface area contributed by atoms with E-state index < -0.39 is 24.3 Å². The number of nitrogens with one attached hydrogen (secondary N) is 1. The molecule has 0 spiro atoms. The largest absolute Gasteiger partial charge is 0.497 e. The maximum atomic E-state index is 14.0. The molecule has 0 aliphatic rings. The number of nitrogens with zero attached hydrogens (tertiary/aromatic N) is 4. The Hall–Kier alpha value is -3.82. The van der Waals surface area contributed by atoms with Crippen LogP contribution in [0.3, 0.4) is 0 Å². The van der Waals surface area contributed by atoms with Crippen molar-refractivity contribution in [3.05, 3.63) is 58.8 Å². The number of hydrogen-bond acceptors (Lipinski definition) is 7. The van der Waals surface area contributed by atoms with Crippen LogP contribution < -0.4 is 10.1 Å². The number of carbonyl (C=O) groups is 2. The molecule has 0 aliphatic heterocycles. The Kier molecular flexibility index (Phi) is 6.05. The number of esters is 1. The first-order chi connectivity index (χ1) is 14.3. The molecule has 3 rings (SSSR count). The second-order valence-corrected chi connectivity index (χ2v) is 6.50. The lowest BCUT2D eigenvalue weighted by Gasteiger charge is -2.10. The van der Waals surface area contributed by atoms with E-state index >= 15 is 0 Å². The van der Waals surface area contributed by atoms with Crippen LogP contribution in [-0.4, -0.2) is 45.3 Å². The van der Waals surface area contributed by atoms with Crippen molar-refractivity contribution in [2.75, 3.05) is 19.0 Å². The summed E-state index contributed by atoms with van der Waals surface area (Å²) in [5, 5.41) is 6.89. The van der Waals surface area contributed by atoms with Crippen LogP contribution in [0, 0.1) is 26.6 Å². The van der Waals surface area contributed by atoms with Crippen LogP contribution in [0.25, 0.3) is 5.95 Å². The van der Waals surface area contributed by atoms with Crippen molar-refractivity contribution in [2.24, 2.45) is 0 Å². The van der Waals surface area contributed by atoms with Gasteiger partial charge in [-0.25, -0.2) is 19.2 Å². The van der Waals surface area contributed by atoms with E-state index in [0.29, 0.717) is 17.5 Å². The molecule has 0 saturated heterocycles. The minimum Gasteiger partial charge on any atom is -0.497 e. The number of halogens is 1. The van der Waals surface area contributed by atoms with Gasteiger partial charge < -0.3 is 14.8 Å². The van der Waals surface area contributed by atoms with Crippen LogP contribution in [-0.2, 0) is 9.53 Å². The van der Waals surface area contributed by atoms with Crippen LogP contribution in [0.5, 0.6) is 5.75 Å². The van der Waals surface area contributed by atoms with E-state index in [-0.39, 0.29) is 11.3 Å². The first-order valence-corrected chi connectivity index (χ1v) is 8.96. The summed E-state index contributed by atoms with van der Waals surface area (Å²) in [7, 11) is 1.38. The van der Waals surface area contributed by atoms with E-state index in [0.717, 1.165) is 17.5 Å². The maximum Gasteiger partial charge on any atom is 0.341 e. The number of anilines is 1. The second kappa shape index (κ2) is 8.68. The first kappa shape index (κ1) is 20.9. The lowest BCUT2D eigenvalue weighted by molar-refractivity contribution is -0.119. The van der Waals surface area contributed by atoms with Gasteiger partial charge in [-0.3, -0.25) is 4.79 Å². The van der Waals surface area contributed by atoms with Gasteiger partial charge >= 0.3 is 5.97 Å². The van der Waals surface area contributed by atoms with Gasteiger partial charge in [0.05, 0.1) is 18.4 Å². The number of amides is 1. The van der Waals surface area contributed by atoms with Gasteiger partial charge in [-0.1, -0.05) is 0 Å². The van der Waals surface area contributed by atoms with Crippen molar-refractivity contribution < 1.29 is 23.5 Å². The highest BCUT2D eigenvalue weighted by Gasteiger charge is 2.18. The third-order valence-electron chi connectivity index (χ3n) is 3.99. The fourth-order valence-corrected chi connectivity index (χ4v) is 2.72. The molecule has 0 saturated carbocycles. The normalized spacial score (nSPS) is 10.6. The summed E-state index contributed by atoms with van der Waals surface area (Å²) < 4.78 is 25.1. The highest BCUT2D eigenvalue weighted by atomic mass is 19.1. The van der Waals surface area contributed by atoms with Crippen molar-refractivity contribution in [3.63, 3.8) is 0 Å². The van der Waals surface area contributed by atoms with Gasteiger partial charge in [-0.15, -0.1) is 0 Å². The number of benzene rings is 1. The molecule has 0 fully saturated rings. The van der Waals surface area contributed by atoms with Crippen LogP contribution >= 0.6 is 0 Å². The highest BCUT2D eigenvalue weighted by molar-refractivity contribution is 5.95. The molecular weight excluding hydrogens is 393 g/mol. The summed E-state index contributed by atoms with van der Waals surface area (Å²) in [6, 6.07) is 7.15. The van der Waals surface area contributed by atoms with E-state index in [4.69, 9.17) is 9.47 Å². The first-order valence-electron chi connectivity index (χ1n) is 8.96. The smallest absolute Gasteiger partial charge is 0.341 e. The van der Waals surface area contributed by atoms with Gasteiger partial charge in [0.2, 0.25) is 0 Å². The minimum absolute atomic E-state index is 0.263. The number of hydrogen-bond donors (Lipinski definition) is 1. The van der Waals surface area contributed by atoms with Crippen LogP contribution in [0.2, 0.25) is 0 Å². The van der Waals surface area contributed by atoms with Crippen LogP contribution in [0.4, 0.5) is 10.2 Å². The molecule has 156 valence electrons. The third kappa shape index (κ3) is 4.77. The van der Waals surface area contributed by atoms with Crippen molar-refractivity contribution >= 4 is 17.7 Å².